The van der Waals surface area contributed by atoms with E-state index >= 15 is 0 Å². The minimum atomic E-state index is -0.426. The number of nitrogens with zero attached hydrogens (tertiary/aromatic N) is 1. The van der Waals surface area contributed by atoms with Crippen LogP contribution in [0, 0.1) is 0 Å². The molecule has 0 aliphatic carbocycles. The van der Waals surface area contributed by atoms with E-state index in [1.165, 1.54) is 0 Å². The van der Waals surface area contributed by atoms with Gasteiger partial charge >= 0.3 is 0 Å². The average Bonchev–Trinajstić information content (AvgIpc) is 3.13. The van der Waals surface area contributed by atoms with E-state index in [9.17, 15) is 4.79 Å². The summed E-state index contributed by atoms with van der Waals surface area (Å²) in [6.45, 7) is 0.919. The van der Waals surface area contributed by atoms with E-state index in [0.717, 1.165) is 5.56 Å². The average molecular weight is 357 g/mol. The maximum Gasteiger partial charge on any atom is 0.277 e. The van der Waals surface area contributed by atoms with Gasteiger partial charge in [0.15, 0.2) is 23.0 Å². The molecule has 1 aromatic heterocycles. The fourth-order valence-electron chi connectivity index (χ4n) is 2.47. The SMILES string of the molecule is O=C(Nc1cc2c(cc1Cl)OCCO2)c1cc(-c2ccccc2)on1. The van der Waals surface area contributed by atoms with E-state index in [-0.39, 0.29) is 5.69 Å². The lowest BCUT2D eigenvalue weighted by molar-refractivity contribution is 0.101. The molecule has 0 unspecified atom stereocenters. The highest BCUT2D eigenvalue weighted by Crippen LogP contribution is 2.38. The van der Waals surface area contributed by atoms with Crippen molar-refractivity contribution in [3.05, 3.63) is 59.2 Å². The molecule has 1 aliphatic heterocycles. The fraction of sp³-hybridized carbons (Fsp3) is 0.111. The van der Waals surface area contributed by atoms with Crippen LogP contribution in [0.15, 0.2) is 53.1 Å². The Morgan fingerprint density at radius 1 is 1.04 bits per heavy atom. The Labute approximate surface area is 148 Å². The summed E-state index contributed by atoms with van der Waals surface area (Å²) in [5.41, 5.74) is 1.41. The first-order valence-electron chi connectivity index (χ1n) is 7.63. The molecule has 0 saturated heterocycles. The molecule has 4 rings (SSSR count). The second-order valence-electron chi connectivity index (χ2n) is 5.37. The second-order valence-corrected chi connectivity index (χ2v) is 5.78. The molecule has 126 valence electrons. The third-order valence-corrected chi connectivity index (χ3v) is 3.99. The molecule has 0 saturated carbocycles. The zero-order valence-electron chi connectivity index (χ0n) is 13.0. The van der Waals surface area contributed by atoms with Crippen molar-refractivity contribution in [2.45, 2.75) is 0 Å². The van der Waals surface area contributed by atoms with Crippen molar-refractivity contribution in [1.82, 2.24) is 5.16 Å². The number of fused-ring (bicyclic) bond motifs is 1. The van der Waals surface area contributed by atoms with Crippen molar-refractivity contribution in [3.8, 4) is 22.8 Å². The summed E-state index contributed by atoms with van der Waals surface area (Å²) in [7, 11) is 0. The minimum absolute atomic E-state index is 0.157. The molecule has 0 bridgehead atoms. The van der Waals surface area contributed by atoms with Gasteiger partial charge in [-0.25, -0.2) is 0 Å². The molecule has 1 amide bonds. The number of halogens is 1. The molecule has 3 aromatic rings. The summed E-state index contributed by atoms with van der Waals surface area (Å²) in [5, 5.41) is 6.88. The highest BCUT2D eigenvalue weighted by atomic mass is 35.5. The van der Waals surface area contributed by atoms with Crippen LogP contribution in [0.1, 0.15) is 10.5 Å². The standard InChI is InChI=1S/C18H13ClN2O4/c19-12-8-16-17(24-7-6-23-16)9-13(12)20-18(22)14-10-15(25-21-14)11-4-2-1-3-5-11/h1-5,8-10H,6-7H2,(H,20,22). The minimum Gasteiger partial charge on any atom is -0.486 e. The van der Waals surface area contributed by atoms with Crippen molar-refractivity contribution in [2.75, 3.05) is 18.5 Å². The van der Waals surface area contributed by atoms with E-state index in [1.54, 1.807) is 18.2 Å². The number of hydrogen-bond acceptors (Lipinski definition) is 5. The van der Waals surface area contributed by atoms with Crippen LogP contribution < -0.4 is 14.8 Å². The van der Waals surface area contributed by atoms with E-state index in [1.807, 2.05) is 30.3 Å². The highest BCUT2D eigenvalue weighted by Gasteiger charge is 2.19. The molecule has 0 spiro atoms. The van der Waals surface area contributed by atoms with Gasteiger partial charge in [0, 0.05) is 23.8 Å². The number of carbonyl (C=O) groups excluding carboxylic acids is 1. The predicted octanol–water partition coefficient (Wildman–Crippen LogP) is 4.02. The van der Waals surface area contributed by atoms with Gasteiger partial charge in [-0.15, -0.1) is 0 Å². The monoisotopic (exact) mass is 356 g/mol. The lowest BCUT2D eigenvalue weighted by atomic mass is 10.1. The summed E-state index contributed by atoms with van der Waals surface area (Å²) in [5.74, 6) is 1.18. The summed E-state index contributed by atoms with van der Waals surface area (Å²) >= 11 is 6.20. The van der Waals surface area contributed by atoms with Gasteiger partial charge < -0.3 is 19.3 Å². The Kier molecular flexibility index (Phi) is 4.03. The second kappa shape index (κ2) is 6.49. The molecule has 0 atom stereocenters. The normalized spacial score (nSPS) is 12.7. The summed E-state index contributed by atoms with van der Waals surface area (Å²) < 4.78 is 16.2. The summed E-state index contributed by atoms with van der Waals surface area (Å²) in [6.07, 6.45) is 0. The van der Waals surface area contributed by atoms with Crippen LogP contribution in [0.4, 0.5) is 5.69 Å². The topological polar surface area (TPSA) is 73.6 Å². The number of aromatic nitrogens is 1. The number of nitrogens with one attached hydrogen (secondary N) is 1. The molecule has 0 radical (unpaired) electrons. The van der Waals surface area contributed by atoms with Crippen molar-refractivity contribution < 1.29 is 18.8 Å². The third kappa shape index (κ3) is 3.16. The number of ether oxygens (including phenoxy) is 2. The van der Waals surface area contributed by atoms with Crippen LogP contribution in [-0.4, -0.2) is 24.3 Å². The number of carbonyl (C=O) groups is 1. The van der Waals surface area contributed by atoms with Crippen LogP contribution in [0.25, 0.3) is 11.3 Å². The first-order chi connectivity index (χ1) is 12.2. The first-order valence-corrected chi connectivity index (χ1v) is 8.01. The zero-order valence-corrected chi connectivity index (χ0v) is 13.7. The lowest BCUT2D eigenvalue weighted by Gasteiger charge is -2.19. The number of hydrogen-bond donors (Lipinski definition) is 1. The van der Waals surface area contributed by atoms with Gasteiger partial charge in [0.1, 0.15) is 13.2 Å². The largest absolute Gasteiger partial charge is 0.486 e. The Morgan fingerprint density at radius 3 is 2.52 bits per heavy atom. The molecular formula is C18H13ClN2O4. The number of anilines is 1. The smallest absolute Gasteiger partial charge is 0.277 e. The van der Waals surface area contributed by atoms with Gasteiger partial charge in [-0.3, -0.25) is 4.79 Å². The molecule has 2 aromatic carbocycles. The molecule has 25 heavy (non-hydrogen) atoms. The van der Waals surface area contributed by atoms with Gasteiger partial charge in [0.2, 0.25) is 0 Å². The van der Waals surface area contributed by atoms with Crippen LogP contribution >= 0.6 is 11.6 Å². The van der Waals surface area contributed by atoms with E-state index in [2.05, 4.69) is 10.5 Å². The Morgan fingerprint density at radius 2 is 1.76 bits per heavy atom. The molecule has 7 heteroatoms. The van der Waals surface area contributed by atoms with E-state index < -0.39 is 5.91 Å². The van der Waals surface area contributed by atoms with Gasteiger partial charge in [-0.05, 0) is 0 Å². The summed E-state index contributed by atoms with van der Waals surface area (Å²) in [4.78, 5) is 12.4. The maximum absolute atomic E-state index is 12.4. The number of amides is 1. The van der Waals surface area contributed by atoms with Crippen molar-refractivity contribution in [2.24, 2.45) is 0 Å². The van der Waals surface area contributed by atoms with Gasteiger partial charge in [-0.2, -0.15) is 0 Å². The number of benzene rings is 2. The third-order valence-electron chi connectivity index (χ3n) is 3.68. The zero-order chi connectivity index (χ0) is 17.2. The van der Waals surface area contributed by atoms with Gasteiger partial charge in [-0.1, -0.05) is 47.1 Å². The lowest BCUT2D eigenvalue weighted by Crippen LogP contribution is -2.17. The van der Waals surface area contributed by atoms with E-state index in [4.69, 9.17) is 25.6 Å². The Bertz CT molecular complexity index is 924. The first kappa shape index (κ1) is 15.5. The molecule has 0 fully saturated rings. The fourth-order valence-corrected chi connectivity index (χ4v) is 2.67. The molecule has 2 heterocycles. The Balaban J connectivity index is 1.56. The highest BCUT2D eigenvalue weighted by molar-refractivity contribution is 6.34. The van der Waals surface area contributed by atoms with Crippen LogP contribution in [-0.2, 0) is 0 Å². The van der Waals surface area contributed by atoms with E-state index in [0.29, 0.717) is 41.2 Å². The molecule has 6 nitrogen and oxygen atoms in total. The quantitative estimate of drug-likeness (QED) is 0.767. The van der Waals surface area contributed by atoms with Crippen LogP contribution in [0.3, 0.4) is 0 Å². The van der Waals surface area contributed by atoms with Crippen molar-refractivity contribution in [1.29, 1.82) is 0 Å². The van der Waals surface area contributed by atoms with Gasteiger partial charge in [0.05, 0.1) is 10.7 Å². The Hall–Kier alpha value is -2.99. The molecule has 1 aliphatic rings. The maximum atomic E-state index is 12.4. The predicted molar refractivity (Wildman–Crippen MR) is 92.3 cm³/mol. The molecule has 1 N–H and O–H groups in total. The summed E-state index contributed by atoms with van der Waals surface area (Å²) in [6, 6.07) is 14.2. The number of rotatable bonds is 3. The van der Waals surface area contributed by atoms with Crippen molar-refractivity contribution >= 4 is 23.2 Å². The van der Waals surface area contributed by atoms with Gasteiger partial charge in [0.25, 0.3) is 5.91 Å². The van der Waals surface area contributed by atoms with Crippen LogP contribution in [0.5, 0.6) is 11.5 Å². The van der Waals surface area contributed by atoms with Crippen LogP contribution in [0.2, 0.25) is 5.02 Å². The van der Waals surface area contributed by atoms with Crippen molar-refractivity contribution in [3.63, 3.8) is 0 Å². The molecular weight excluding hydrogens is 344 g/mol.